The number of carboxylic acids is 1. The number of thiazole rings is 1. The van der Waals surface area contributed by atoms with Crippen LogP contribution in [0.3, 0.4) is 0 Å². The molecule has 0 atom stereocenters. The predicted molar refractivity (Wildman–Crippen MR) is 69.2 cm³/mol. The van der Waals surface area contributed by atoms with Gasteiger partial charge in [0.2, 0.25) is 0 Å². The van der Waals surface area contributed by atoms with Gasteiger partial charge in [-0.2, -0.15) is 0 Å². The van der Waals surface area contributed by atoms with Gasteiger partial charge >= 0.3 is 5.97 Å². The fraction of sp³-hybridized carbons (Fsp3) is 0.667. The second kappa shape index (κ2) is 6.71. The highest BCUT2D eigenvalue weighted by Crippen LogP contribution is 2.15. The zero-order valence-electron chi connectivity index (χ0n) is 10.6. The molecule has 0 aromatic carbocycles. The van der Waals surface area contributed by atoms with Crippen LogP contribution in [0.15, 0.2) is 5.38 Å². The van der Waals surface area contributed by atoms with Crippen LogP contribution in [-0.4, -0.2) is 34.6 Å². The van der Waals surface area contributed by atoms with Gasteiger partial charge in [-0.1, -0.05) is 13.8 Å². The molecule has 0 saturated carbocycles. The topological polar surface area (TPSA) is 53.4 Å². The Morgan fingerprint density at radius 3 is 2.88 bits per heavy atom. The molecule has 0 fully saturated rings. The minimum atomic E-state index is -0.803. The number of carboxylic acid groups (broad SMARTS) is 1. The molecule has 1 N–H and O–H groups in total. The third-order valence-electron chi connectivity index (χ3n) is 2.37. The van der Waals surface area contributed by atoms with Gasteiger partial charge in [0, 0.05) is 11.9 Å². The van der Waals surface area contributed by atoms with Gasteiger partial charge in [-0.3, -0.25) is 9.69 Å². The van der Waals surface area contributed by atoms with E-state index in [4.69, 9.17) is 5.11 Å². The van der Waals surface area contributed by atoms with Gasteiger partial charge in [0.1, 0.15) is 0 Å². The van der Waals surface area contributed by atoms with Crippen LogP contribution in [0.2, 0.25) is 0 Å². The summed E-state index contributed by atoms with van der Waals surface area (Å²) in [5.41, 5.74) is 0.970. The molecule has 17 heavy (non-hydrogen) atoms. The molecule has 0 radical (unpaired) electrons. The lowest BCUT2D eigenvalue weighted by Crippen LogP contribution is -2.25. The van der Waals surface area contributed by atoms with Gasteiger partial charge in [-0.05, 0) is 25.8 Å². The van der Waals surface area contributed by atoms with Crippen LogP contribution >= 0.6 is 11.3 Å². The highest BCUT2D eigenvalue weighted by Gasteiger charge is 2.08. The van der Waals surface area contributed by atoms with Crippen molar-refractivity contribution >= 4 is 17.3 Å². The molecule has 0 aliphatic heterocycles. The fourth-order valence-electron chi connectivity index (χ4n) is 1.51. The average molecular weight is 256 g/mol. The number of nitrogens with zero attached hydrogens (tertiary/aromatic N) is 2. The summed E-state index contributed by atoms with van der Waals surface area (Å²) in [6, 6.07) is 0. The summed E-state index contributed by atoms with van der Waals surface area (Å²) in [4.78, 5) is 16.8. The van der Waals surface area contributed by atoms with Crippen LogP contribution in [0.5, 0.6) is 0 Å². The largest absolute Gasteiger partial charge is 0.480 e. The minimum absolute atomic E-state index is 0.0544. The van der Waals surface area contributed by atoms with Crippen molar-refractivity contribution in [2.45, 2.75) is 33.2 Å². The van der Waals surface area contributed by atoms with Gasteiger partial charge < -0.3 is 5.11 Å². The van der Waals surface area contributed by atoms with Crippen LogP contribution in [0.4, 0.5) is 0 Å². The Balaban J connectivity index is 2.42. The maximum Gasteiger partial charge on any atom is 0.317 e. The summed E-state index contributed by atoms with van der Waals surface area (Å²) >= 11 is 1.67. The third-order valence-corrected chi connectivity index (χ3v) is 3.33. The number of hydrogen-bond acceptors (Lipinski definition) is 4. The highest BCUT2D eigenvalue weighted by molar-refractivity contribution is 7.09. The Bertz CT molecular complexity index is 363. The van der Waals surface area contributed by atoms with E-state index >= 15 is 0 Å². The molecule has 1 aromatic heterocycles. The molecule has 5 heteroatoms. The first-order chi connectivity index (χ1) is 7.97. The van der Waals surface area contributed by atoms with E-state index < -0.39 is 5.97 Å². The molecule has 0 unspecified atom stereocenters. The molecular formula is C12H20N2O2S. The van der Waals surface area contributed by atoms with Crippen molar-refractivity contribution in [3.8, 4) is 0 Å². The number of aliphatic carboxylic acids is 1. The first kappa shape index (κ1) is 14.1. The van der Waals surface area contributed by atoms with Crippen LogP contribution in [0.25, 0.3) is 0 Å². The number of rotatable bonds is 7. The summed E-state index contributed by atoms with van der Waals surface area (Å²) < 4.78 is 0. The van der Waals surface area contributed by atoms with Crippen LogP contribution in [0, 0.1) is 5.92 Å². The zero-order chi connectivity index (χ0) is 12.8. The fourth-order valence-corrected chi connectivity index (χ4v) is 2.32. The summed E-state index contributed by atoms with van der Waals surface area (Å²) in [5, 5.41) is 11.8. The Morgan fingerprint density at radius 2 is 2.29 bits per heavy atom. The summed E-state index contributed by atoms with van der Waals surface area (Å²) in [6.07, 6.45) is 2.17. The van der Waals surface area contributed by atoms with Crippen molar-refractivity contribution < 1.29 is 9.90 Å². The third kappa shape index (κ3) is 5.79. The summed E-state index contributed by atoms with van der Waals surface area (Å²) in [7, 11) is 1.79. The standard InChI is InChI=1S/C12H20N2O2S/c1-9(2)4-5-11-13-10(8-17-11)6-14(3)7-12(15)16/h8-9H,4-7H2,1-3H3,(H,15,16). The number of likely N-dealkylation sites (N-methyl/N-ethyl adjacent to an activating group) is 1. The van der Waals surface area contributed by atoms with Crippen LogP contribution in [-0.2, 0) is 17.8 Å². The van der Waals surface area contributed by atoms with Crippen molar-refractivity contribution in [2.75, 3.05) is 13.6 Å². The molecule has 0 amide bonds. The highest BCUT2D eigenvalue weighted by atomic mass is 32.1. The molecule has 0 aliphatic carbocycles. The van der Waals surface area contributed by atoms with E-state index in [2.05, 4.69) is 18.8 Å². The van der Waals surface area contributed by atoms with Gasteiger partial charge in [-0.25, -0.2) is 4.98 Å². The molecule has 1 rings (SSSR count). The molecule has 0 aliphatic rings. The zero-order valence-corrected chi connectivity index (χ0v) is 11.5. The van der Waals surface area contributed by atoms with E-state index in [0.717, 1.165) is 23.5 Å². The van der Waals surface area contributed by atoms with Crippen molar-refractivity contribution in [3.05, 3.63) is 16.1 Å². The molecule has 0 saturated heterocycles. The monoisotopic (exact) mass is 256 g/mol. The first-order valence-corrected chi connectivity index (χ1v) is 6.69. The number of aryl methyl sites for hydroxylation is 1. The maximum atomic E-state index is 10.5. The van der Waals surface area contributed by atoms with Crippen LogP contribution < -0.4 is 0 Å². The summed E-state index contributed by atoms with van der Waals surface area (Å²) in [6.45, 7) is 5.06. The average Bonchev–Trinajstić information content (AvgIpc) is 2.61. The van der Waals surface area contributed by atoms with Crippen molar-refractivity contribution in [3.63, 3.8) is 0 Å². The van der Waals surface area contributed by atoms with E-state index in [1.807, 2.05) is 5.38 Å². The van der Waals surface area contributed by atoms with Gasteiger partial charge in [-0.15, -0.1) is 11.3 Å². The lowest BCUT2D eigenvalue weighted by atomic mass is 10.1. The van der Waals surface area contributed by atoms with E-state index in [0.29, 0.717) is 12.5 Å². The summed E-state index contributed by atoms with van der Waals surface area (Å²) in [5.74, 6) is -0.111. The number of aromatic nitrogens is 1. The van der Waals surface area contributed by atoms with Crippen molar-refractivity contribution in [1.29, 1.82) is 0 Å². The van der Waals surface area contributed by atoms with Crippen molar-refractivity contribution in [2.24, 2.45) is 5.92 Å². The molecule has 1 aromatic rings. The minimum Gasteiger partial charge on any atom is -0.480 e. The van der Waals surface area contributed by atoms with Gasteiger partial charge in [0.05, 0.1) is 17.2 Å². The van der Waals surface area contributed by atoms with Crippen molar-refractivity contribution in [1.82, 2.24) is 9.88 Å². The Kier molecular flexibility index (Phi) is 5.58. The van der Waals surface area contributed by atoms with Crippen LogP contribution in [0.1, 0.15) is 31.0 Å². The Morgan fingerprint density at radius 1 is 1.59 bits per heavy atom. The smallest absolute Gasteiger partial charge is 0.317 e. The molecule has 1 heterocycles. The molecule has 0 bridgehead atoms. The first-order valence-electron chi connectivity index (χ1n) is 5.81. The quantitative estimate of drug-likeness (QED) is 0.813. The van der Waals surface area contributed by atoms with Gasteiger partial charge in [0.15, 0.2) is 0 Å². The lowest BCUT2D eigenvalue weighted by molar-refractivity contribution is -0.138. The molecule has 96 valence electrons. The second-order valence-electron chi connectivity index (χ2n) is 4.73. The predicted octanol–water partition coefficient (Wildman–Crippen LogP) is 2.25. The molecular weight excluding hydrogens is 236 g/mol. The van der Waals surface area contributed by atoms with E-state index in [1.54, 1.807) is 23.3 Å². The normalized spacial score (nSPS) is 11.4. The SMILES string of the molecule is CC(C)CCc1nc(CN(C)CC(=O)O)cs1. The lowest BCUT2D eigenvalue weighted by Gasteiger charge is -2.11. The maximum absolute atomic E-state index is 10.5. The number of hydrogen-bond donors (Lipinski definition) is 1. The Hall–Kier alpha value is -0.940. The molecule has 0 spiro atoms. The number of carbonyl (C=O) groups is 1. The van der Waals surface area contributed by atoms with E-state index in [1.165, 1.54) is 0 Å². The van der Waals surface area contributed by atoms with Gasteiger partial charge in [0.25, 0.3) is 0 Å². The Labute approximate surface area is 106 Å². The molecule has 4 nitrogen and oxygen atoms in total. The van der Waals surface area contributed by atoms with E-state index in [-0.39, 0.29) is 6.54 Å². The van der Waals surface area contributed by atoms with E-state index in [9.17, 15) is 4.79 Å². The second-order valence-corrected chi connectivity index (χ2v) is 5.67.